The van der Waals surface area contributed by atoms with Gasteiger partial charge in [-0.2, -0.15) is 0 Å². The van der Waals surface area contributed by atoms with Gasteiger partial charge in [0.05, 0.1) is 0 Å². The van der Waals surface area contributed by atoms with Gasteiger partial charge in [-0.1, -0.05) is 10.3 Å². The van der Waals surface area contributed by atoms with E-state index in [-0.39, 0.29) is 18.5 Å². The van der Waals surface area contributed by atoms with Crippen molar-refractivity contribution in [3.63, 3.8) is 0 Å². The lowest BCUT2D eigenvalue weighted by atomic mass is 10.6. The zero-order valence-electron chi connectivity index (χ0n) is 4.04. The van der Waals surface area contributed by atoms with Gasteiger partial charge < -0.3 is 0 Å². The number of amides is 1. The highest BCUT2D eigenvalue weighted by Crippen LogP contribution is 2.01. The van der Waals surface area contributed by atoms with E-state index in [0.717, 1.165) is 0 Å². The van der Waals surface area contributed by atoms with Crippen molar-refractivity contribution in [2.45, 2.75) is 0 Å². The van der Waals surface area contributed by atoms with E-state index in [9.17, 15) is 4.79 Å². The van der Waals surface area contributed by atoms with Crippen molar-refractivity contribution < 1.29 is 4.79 Å². The summed E-state index contributed by atoms with van der Waals surface area (Å²) in [6.45, 7) is 0.226. The van der Waals surface area contributed by atoms with Gasteiger partial charge in [0.15, 0.2) is 0 Å². The van der Waals surface area contributed by atoms with Crippen molar-refractivity contribution in [1.82, 2.24) is 5.01 Å². The first-order valence-electron chi connectivity index (χ1n) is 2.08. The molecule has 0 radical (unpaired) electrons. The molecule has 8 heavy (non-hydrogen) atoms. The van der Waals surface area contributed by atoms with Crippen molar-refractivity contribution in [2.75, 3.05) is 12.5 Å². The van der Waals surface area contributed by atoms with Crippen molar-refractivity contribution in [2.24, 2.45) is 10.3 Å². The summed E-state index contributed by atoms with van der Waals surface area (Å²) < 4.78 is 0. The first kappa shape index (κ1) is 5.50. The number of nitrogens with zero attached hydrogens (tertiary/aromatic N) is 3. The normalized spacial score (nSPS) is 18.1. The van der Waals surface area contributed by atoms with Crippen LogP contribution in [-0.4, -0.2) is 23.5 Å². The van der Waals surface area contributed by atoms with Crippen LogP contribution in [0.3, 0.4) is 0 Å². The molecule has 44 valence electrons. The molecule has 0 unspecified atom stereocenters. The van der Waals surface area contributed by atoms with Gasteiger partial charge in [-0.05, 0) is 0 Å². The zero-order chi connectivity index (χ0) is 5.98. The lowest BCUT2D eigenvalue weighted by molar-refractivity contribution is -0.116. The van der Waals surface area contributed by atoms with Crippen LogP contribution in [0, 0.1) is 0 Å². The first-order valence-corrected chi connectivity index (χ1v) is 2.62. The Morgan fingerprint density at radius 2 is 2.62 bits per heavy atom. The fraction of sp³-hybridized carbons (Fsp3) is 0.667. The summed E-state index contributed by atoms with van der Waals surface area (Å²) in [7, 11) is 0. The van der Waals surface area contributed by atoms with Crippen LogP contribution in [0.25, 0.3) is 0 Å². The van der Waals surface area contributed by atoms with Gasteiger partial charge in [-0.3, -0.25) is 9.80 Å². The maximum absolute atomic E-state index is 10.3. The molecule has 0 atom stereocenters. The molecule has 0 saturated heterocycles. The molecule has 0 fully saturated rings. The van der Waals surface area contributed by atoms with E-state index in [1.54, 1.807) is 0 Å². The fourth-order valence-corrected chi connectivity index (χ4v) is 0.531. The average molecular weight is 134 g/mol. The van der Waals surface area contributed by atoms with E-state index in [2.05, 4.69) is 10.3 Å². The number of hydrogen-bond acceptors (Lipinski definition) is 3. The maximum Gasteiger partial charge on any atom is 0.287 e. The van der Waals surface area contributed by atoms with Crippen LogP contribution in [0.1, 0.15) is 0 Å². The standard InChI is InChI=1S/C3H4ClN3O/c4-2-7-1-3(8)5-6-7/h1-2H2. The lowest BCUT2D eigenvalue weighted by Crippen LogP contribution is -2.15. The quantitative estimate of drug-likeness (QED) is 0.384. The summed E-state index contributed by atoms with van der Waals surface area (Å²) in [6.07, 6.45) is 0. The smallest absolute Gasteiger partial charge is 0.269 e. The third-order valence-electron chi connectivity index (χ3n) is 0.738. The van der Waals surface area contributed by atoms with Gasteiger partial charge in [-0.25, -0.2) is 0 Å². The van der Waals surface area contributed by atoms with E-state index >= 15 is 0 Å². The average Bonchev–Trinajstić information content (AvgIpc) is 2.14. The van der Waals surface area contributed by atoms with E-state index < -0.39 is 0 Å². The molecule has 0 aromatic carbocycles. The zero-order valence-corrected chi connectivity index (χ0v) is 4.80. The van der Waals surface area contributed by atoms with Crippen LogP contribution in [0.15, 0.2) is 10.3 Å². The number of rotatable bonds is 1. The molecule has 1 rings (SSSR count). The Morgan fingerprint density at radius 3 is 2.88 bits per heavy atom. The molecule has 0 saturated carbocycles. The molecule has 4 nitrogen and oxygen atoms in total. The molecule has 1 heterocycles. The van der Waals surface area contributed by atoms with Gasteiger partial charge >= 0.3 is 0 Å². The molecule has 0 aromatic rings. The van der Waals surface area contributed by atoms with Crippen molar-refractivity contribution >= 4 is 17.5 Å². The van der Waals surface area contributed by atoms with Crippen LogP contribution in [0.5, 0.6) is 0 Å². The minimum absolute atomic E-state index is 0.226. The predicted octanol–water partition coefficient (Wildman–Crippen LogP) is 0.392. The Bertz CT molecular complexity index is 134. The maximum atomic E-state index is 10.3. The van der Waals surface area contributed by atoms with Gasteiger partial charge in [0.2, 0.25) is 0 Å². The topological polar surface area (TPSA) is 45.0 Å². The van der Waals surface area contributed by atoms with Crippen molar-refractivity contribution in [1.29, 1.82) is 0 Å². The van der Waals surface area contributed by atoms with Gasteiger partial charge in [-0.15, -0.1) is 11.6 Å². The third kappa shape index (κ3) is 0.949. The van der Waals surface area contributed by atoms with Gasteiger partial charge in [0.1, 0.15) is 12.5 Å². The monoisotopic (exact) mass is 133 g/mol. The van der Waals surface area contributed by atoms with Crippen LogP contribution < -0.4 is 0 Å². The Hall–Kier alpha value is -0.640. The highest BCUT2D eigenvalue weighted by Gasteiger charge is 2.12. The van der Waals surface area contributed by atoms with Gasteiger partial charge in [0, 0.05) is 0 Å². The molecule has 0 bridgehead atoms. The number of carbonyl (C=O) groups is 1. The summed E-state index contributed by atoms with van der Waals surface area (Å²) in [5, 5.41) is 8.01. The molecule has 0 aromatic heterocycles. The second kappa shape index (κ2) is 2.09. The van der Waals surface area contributed by atoms with E-state index in [0.29, 0.717) is 0 Å². The predicted molar refractivity (Wildman–Crippen MR) is 27.3 cm³/mol. The molecule has 0 aliphatic carbocycles. The first-order chi connectivity index (χ1) is 3.83. The van der Waals surface area contributed by atoms with E-state index in [1.807, 2.05) is 0 Å². The van der Waals surface area contributed by atoms with E-state index in [1.165, 1.54) is 5.01 Å². The molecular formula is C3H4ClN3O. The minimum Gasteiger partial charge on any atom is -0.269 e. The highest BCUT2D eigenvalue weighted by molar-refractivity contribution is 6.17. The summed E-state index contributed by atoms with van der Waals surface area (Å²) in [5.41, 5.74) is 0. The number of alkyl halides is 1. The van der Waals surface area contributed by atoms with Crippen molar-refractivity contribution in [3.8, 4) is 0 Å². The summed E-state index contributed by atoms with van der Waals surface area (Å²) >= 11 is 5.29. The lowest BCUT2D eigenvalue weighted by Gasteiger charge is -2.01. The second-order valence-electron chi connectivity index (χ2n) is 1.37. The molecule has 1 aliphatic heterocycles. The number of carbonyl (C=O) groups excluding carboxylic acids is 1. The Kier molecular flexibility index (Phi) is 1.43. The molecule has 1 amide bonds. The Labute approximate surface area is 51.1 Å². The number of hydrogen-bond donors (Lipinski definition) is 0. The second-order valence-corrected chi connectivity index (χ2v) is 1.61. The number of halogens is 1. The molecule has 1 aliphatic rings. The van der Waals surface area contributed by atoms with Crippen LogP contribution in [-0.2, 0) is 4.79 Å². The van der Waals surface area contributed by atoms with Crippen LogP contribution >= 0.6 is 11.6 Å². The van der Waals surface area contributed by atoms with E-state index in [4.69, 9.17) is 11.6 Å². The molecule has 0 N–H and O–H groups in total. The Morgan fingerprint density at radius 1 is 1.88 bits per heavy atom. The van der Waals surface area contributed by atoms with Crippen LogP contribution in [0.4, 0.5) is 0 Å². The minimum atomic E-state index is -0.231. The highest BCUT2D eigenvalue weighted by atomic mass is 35.5. The van der Waals surface area contributed by atoms with Gasteiger partial charge in [0.25, 0.3) is 5.91 Å². The summed E-state index contributed by atoms with van der Waals surface area (Å²) in [5.74, 6) is -0.231. The molecule has 5 heteroatoms. The third-order valence-corrected chi connectivity index (χ3v) is 1.01. The fourth-order valence-electron chi connectivity index (χ4n) is 0.399. The molecular weight excluding hydrogens is 130 g/mol. The Balaban J connectivity index is 2.46. The van der Waals surface area contributed by atoms with Crippen LogP contribution in [0.2, 0.25) is 0 Å². The SMILES string of the molecule is O=C1CN(CCl)N=N1. The molecule has 0 spiro atoms. The summed E-state index contributed by atoms with van der Waals surface area (Å²) in [6, 6.07) is 0.231. The van der Waals surface area contributed by atoms with Crippen molar-refractivity contribution in [3.05, 3.63) is 0 Å². The summed E-state index contributed by atoms with van der Waals surface area (Å²) in [4.78, 5) is 10.3. The largest absolute Gasteiger partial charge is 0.287 e.